The van der Waals surface area contributed by atoms with Gasteiger partial charge >= 0.3 is 0 Å². The van der Waals surface area contributed by atoms with Crippen molar-refractivity contribution in [1.82, 2.24) is 0 Å². The van der Waals surface area contributed by atoms with Gasteiger partial charge < -0.3 is 221 Å². The summed E-state index contributed by atoms with van der Waals surface area (Å²) in [6.45, 7) is 6.41. The number of ether oxygens (including phenoxy) is 12. The highest BCUT2D eigenvalue weighted by molar-refractivity contribution is 5.83. The summed E-state index contributed by atoms with van der Waals surface area (Å²) in [6, 6.07) is 0. The Bertz CT molecular complexity index is 2590. The number of hydrogen-bond donors (Lipinski definition) is 31. The van der Waals surface area contributed by atoms with E-state index >= 15 is 0 Å². The van der Waals surface area contributed by atoms with Gasteiger partial charge in [0.15, 0.2) is 80.5 Å². The molecule has 6 aliphatic rings. The van der Waals surface area contributed by atoms with Gasteiger partial charge in [-0.05, 0) is 33.1 Å². The molecule has 6 fully saturated rings. The van der Waals surface area contributed by atoms with Crippen LogP contribution in [0.3, 0.4) is 0 Å². The molecule has 0 aliphatic carbocycles. The predicted octanol–water partition coefficient (Wildman–Crippen LogP) is -21.8. The molecule has 53 heteroatoms. The highest BCUT2D eigenvalue weighted by atomic mass is 16.7. The number of rotatable bonds is 28. The van der Waals surface area contributed by atoms with Crippen LogP contribution in [0.2, 0.25) is 0 Å². The average Bonchev–Trinajstić information content (AvgIpc) is 0.843. The number of hydrogen-bond acceptors (Lipinski definition) is 43. The van der Waals surface area contributed by atoms with Crippen LogP contribution in [0.5, 0.6) is 0 Å². The van der Waals surface area contributed by atoms with Crippen LogP contribution >= 0.6 is 0 Å². The zero-order chi connectivity index (χ0) is 85.3. The molecule has 0 aromatic carbocycles. The van der Waals surface area contributed by atoms with E-state index in [1.165, 1.54) is 13.8 Å². The van der Waals surface area contributed by atoms with E-state index in [9.17, 15) is 140 Å². The van der Waals surface area contributed by atoms with Crippen LogP contribution < -0.4 is 57.3 Å². The normalized spacial score (nSPS) is 37.7. The molecule has 0 spiro atoms. The third kappa shape index (κ3) is 28.5. The minimum atomic E-state index is -1.77. The molecule has 0 radical (unpaired) electrons. The van der Waals surface area contributed by atoms with Gasteiger partial charge in [0, 0.05) is 0 Å². The first-order valence-electron chi connectivity index (χ1n) is 32.8. The second-order valence-corrected chi connectivity index (χ2v) is 24.6. The Morgan fingerprint density at radius 1 is 0.245 bits per heavy atom. The van der Waals surface area contributed by atoms with Crippen molar-refractivity contribution in [2.45, 2.75) is 275 Å². The number of aliphatic hydroxyl groups is 21. The Balaban J connectivity index is 0.000000660. The molecule has 0 aromatic heterocycles. The largest absolute Gasteiger partial charge is 0.394 e. The highest BCUT2D eigenvalue weighted by Crippen LogP contribution is 2.29. The number of carbonyl (C=O) groups excluding carboxylic acids is 10. The Morgan fingerprint density at radius 3 is 0.509 bits per heavy atom. The molecule has 10 amide bonds. The topological polar surface area (TPSA) is 966 Å². The first-order chi connectivity index (χ1) is 50.9. The van der Waals surface area contributed by atoms with Crippen molar-refractivity contribution in [2.75, 3.05) is 19.8 Å². The van der Waals surface area contributed by atoms with Crippen LogP contribution in [-0.2, 0) is 105 Å². The molecule has 41 N–H and O–H groups in total. The summed E-state index contributed by atoms with van der Waals surface area (Å²) in [5.74, 6) is -9.51. The zero-order valence-electron chi connectivity index (χ0n) is 59.2. The molecule has 6 rings (SSSR count). The number of aliphatic hydroxyl groups excluding tert-OH is 21. The maximum Gasteiger partial charge on any atom is 0.249 e. The number of carbonyl (C=O) groups is 10. The van der Waals surface area contributed by atoms with Gasteiger partial charge in [-0.25, -0.2) is 0 Å². The lowest BCUT2D eigenvalue weighted by molar-refractivity contribution is -0.301. The number of nitrogens with two attached hydrogens (primary N) is 10. The third-order valence-electron chi connectivity index (χ3n) is 16.1. The lowest BCUT2D eigenvalue weighted by Gasteiger charge is -2.39. The summed E-state index contributed by atoms with van der Waals surface area (Å²) in [7, 11) is 0. The van der Waals surface area contributed by atoms with Crippen LogP contribution in [0.25, 0.3) is 0 Å². The van der Waals surface area contributed by atoms with Crippen molar-refractivity contribution in [3.05, 3.63) is 0 Å². The maximum atomic E-state index is 11.0. The monoisotopic (exact) mass is 1620 g/mol. The first kappa shape index (κ1) is 101. The van der Waals surface area contributed by atoms with E-state index < -0.39 is 287 Å². The summed E-state index contributed by atoms with van der Waals surface area (Å²) in [4.78, 5) is 110. The van der Waals surface area contributed by atoms with Crippen molar-refractivity contribution < 1.29 is 212 Å². The molecule has 18 unspecified atom stereocenters. The van der Waals surface area contributed by atoms with Crippen molar-refractivity contribution >= 4 is 59.1 Å². The quantitative estimate of drug-likeness (QED) is 0.0346. The van der Waals surface area contributed by atoms with E-state index in [-0.39, 0.29) is 32.5 Å². The highest BCUT2D eigenvalue weighted by Gasteiger charge is 2.53. The Hall–Kier alpha value is -6.62. The van der Waals surface area contributed by atoms with Crippen molar-refractivity contribution in [2.24, 2.45) is 57.3 Å². The van der Waals surface area contributed by atoms with E-state index in [4.69, 9.17) is 129 Å². The van der Waals surface area contributed by atoms with E-state index in [2.05, 4.69) is 0 Å². The standard InChI is InChI=1S/3C10H18N2O7.C9H16N2O8.2C9H17NO7/c3*1-2-3(8(11)16)18-10-6(15)4(13)5(14)7(19-10)9(12)17;10-7(16)2(1-12)18-9-5(15)3(13)4(14)6(19-9)8(11)17;2*1-3(2-11)16-9-6(14)4(12)5(13)7(17-9)8(10)15/h3*3-7,10,13-15H,2H2,1H3,(H2,11,16)(H2,12,17);2-6,9,12-15H,1H2,(H2,10,16)(H2,11,17);2*3-7,9,11-14H,2H2,1H3,(H2,10,15)/t3?,4?,5-,6+,7?,10+;2*3?,4?,5-,6+,7?,10-;2?,3?,4-,5-,6?,9+;3?,4?,5-,6+,7?,9+;3?,4?,5-,6+,7?,9-/m011001/s1. The van der Waals surface area contributed by atoms with Crippen LogP contribution in [0, 0.1) is 0 Å². The van der Waals surface area contributed by atoms with Gasteiger partial charge in [-0.2, -0.15) is 0 Å². The van der Waals surface area contributed by atoms with Gasteiger partial charge in [-0.1, -0.05) is 20.8 Å². The van der Waals surface area contributed by atoms with Crippen LogP contribution in [-0.4, -0.2) is 407 Å². The SMILES string of the molecule is CC(CO)O[C@@H]1OC(C(N)=O)[C@@H](O)C(O)[C@H]1O.CC(CO)O[C@@H]1OC(C(N)=O)[C@H](O)C(O)[C@@H]1O.CCC(O[C@@H]1OC(C(N)=O)[C@@H](O)C(O)[C@H]1O)C(N)=O.CCC(O[C@@H]1OC(C(N)=O)[C@H](O)C(O)[C@@H]1O)C(N)=O.CCC(O[C@@H]1OC(C(N)=O)[C@H](O)C(O)[C@@H]1O)C(N)=O.NC(=O)C(CO)O[C@@H]1OC(C(N)=O)[C@@H](O)C(O)[C@@H]1O. The minimum absolute atomic E-state index is 0.210. The van der Waals surface area contributed by atoms with E-state index in [1.807, 2.05) is 0 Å². The molecule has 6 heterocycles. The van der Waals surface area contributed by atoms with E-state index in [1.54, 1.807) is 20.8 Å². The molecule has 0 bridgehead atoms. The number of amides is 10. The summed E-state index contributed by atoms with van der Waals surface area (Å²) < 4.78 is 59.8. The molecule has 6 saturated heterocycles. The summed E-state index contributed by atoms with van der Waals surface area (Å²) >= 11 is 0. The van der Waals surface area contributed by atoms with Crippen LogP contribution in [0.1, 0.15) is 53.9 Å². The predicted molar refractivity (Wildman–Crippen MR) is 345 cm³/mol. The second kappa shape index (κ2) is 47.2. The van der Waals surface area contributed by atoms with Gasteiger partial charge in [-0.3, -0.25) is 47.9 Å². The average molecular weight is 1620 g/mol. The molecule has 6 aliphatic heterocycles. The maximum absolute atomic E-state index is 11.0. The summed E-state index contributed by atoms with van der Waals surface area (Å²) in [5.41, 5.74) is 49.9. The minimum Gasteiger partial charge on any atom is -0.394 e. The van der Waals surface area contributed by atoms with Crippen LogP contribution in [0.15, 0.2) is 0 Å². The Morgan fingerprint density at radius 2 is 0.391 bits per heavy atom. The third-order valence-corrected chi connectivity index (χ3v) is 16.1. The van der Waals surface area contributed by atoms with Crippen molar-refractivity contribution in [3.63, 3.8) is 0 Å². The van der Waals surface area contributed by atoms with Crippen LogP contribution in [0.4, 0.5) is 0 Å². The molecular weight excluding hydrogens is 1510 g/mol. The van der Waals surface area contributed by atoms with Gasteiger partial charge in [0.05, 0.1) is 32.0 Å². The summed E-state index contributed by atoms with van der Waals surface area (Å²) in [6.07, 6.45) is -53.2. The lowest BCUT2D eigenvalue weighted by atomic mass is 9.98. The van der Waals surface area contributed by atoms with Gasteiger partial charge in [0.2, 0.25) is 59.1 Å². The fourth-order valence-corrected chi connectivity index (χ4v) is 9.66. The smallest absolute Gasteiger partial charge is 0.249 e. The number of primary amides is 10. The molecular formula is C57H104N10O43. The Kier molecular flexibility index (Phi) is 43.5. The zero-order valence-corrected chi connectivity index (χ0v) is 59.2. The second-order valence-electron chi connectivity index (χ2n) is 24.6. The molecule has 640 valence electrons. The fraction of sp³-hybridized carbons (Fsp3) is 0.825. The summed E-state index contributed by atoms with van der Waals surface area (Å²) in [5, 5.41) is 198. The molecule has 0 saturated carbocycles. The van der Waals surface area contributed by atoms with E-state index in [0.29, 0.717) is 0 Å². The Labute approximate surface area is 621 Å². The van der Waals surface area contributed by atoms with Crippen molar-refractivity contribution in [1.29, 1.82) is 0 Å². The molecule has 36 atom stereocenters. The van der Waals surface area contributed by atoms with Gasteiger partial charge in [0.25, 0.3) is 0 Å². The lowest BCUT2D eigenvalue weighted by Crippen LogP contribution is -2.62. The van der Waals surface area contributed by atoms with Crippen molar-refractivity contribution in [3.8, 4) is 0 Å². The first-order valence-corrected chi connectivity index (χ1v) is 32.8. The van der Waals surface area contributed by atoms with Gasteiger partial charge in [-0.15, -0.1) is 0 Å². The molecule has 110 heavy (non-hydrogen) atoms. The fourth-order valence-electron chi connectivity index (χ4n) is 9.66. The molecule has 0 aromatic rings. The molecule has 53 nitrogen and oxygen atoms in total. The van der Waals surface area contributed by atoms with E-state index in [0.717, 1.165) is 0 Å². The van der Waals surface area contributed by atoms with Gasteiger partial charge in [0.1, 0.15) is 128 Å².